The van der Waals surface area contributed by atoms with Crippen LogP contribution in [0.15, 0.2) is 35.0 Å². The maximum absolute atomic E-state index is 11.2. The number of benzene rings is 1. The molecule has 0 radical (unpaired) electrons. The van der Waals surface area contributed by atoms with Crippen molar-refractivity contribution in [2.75, 3.05) is 6.54 Å². The summed E-state index contributed by atoms with van der Waals surface area (Å²) in [6.07, 6.45) is 5.90. The van der Waals surface area contributed by atoms with E-state index in [-0.39, 0.29) is 11.7 Å². The van der Waals surface area contributed by atoms with Gasteiger partial charge in [-0.1, -0.05) is 23.7 Å². The molecule has 132 valence electrons. The zero-order chi connectivity index (χ0) is 18.0. The third-order valence-corrected chi connectivity index (χ3v) is 5.10. The largest absolute Gasteiger partial charge is 0.478 e. The van der Waals surface area contributed by atoms with Gasteiger partial charge in [-0.25, -0.2) is 9.59 Å². The normalized spacial score (nSPS) is 22.8. The van der Waals surface area contributed by atoms with Crippen LogP contribution in [-0.2, 0) is 22.4 Å². The second-order valence-corrected chi connectivity index (χ2v) is 6.87. The molecule has 1 heterocycles. The first-order valence-electron chi connectivity index (χ1n) is 8.18. The Kier molecular flexibility index (Phi) is 5.08. The van der Waals surface area contributed by atoms with Crippen molar-refractivity contribution in [1.82, 2.24) is 4.90 Å². The predicted molar refractivity (Wildman–Crippen MR) is 93.9 cm³/mol. The van der Waals surface area contributed by atoms with E-state index in [1.54, 1.807) is 0 Å². The fourth-order valence-electron chi connectivity index (χ4n) is 3.58. The van der Waals surface area contributed by atoms with Gasteiger partial charge in [0.2, 0.25) is 0 Å². The molecule has 1 aromatic carbocycles. The van der Waals surface area contributed by atoms with Crippen molar-refractivity contribution in [3.8, 4) is 0 Å². The lowest BCUT2D eigenvalue weighted by molar-refractivity contribution is -0.136. The van der Waals surface area contributed by atoms with Crippen LogP contribution in [0.3, 0.4) is 0 Å². The molecule has 1 aliphatic heterocycles. The lowest BCUT2D eigenvalue weighted by Crippen LogP contribution is -2.29. The summed E-state index contributed by atoms with van der Waals surface area (Å²) in [5.41, 5.74) is 2.24. The number of carboxylic acids is 2. The van der Waals surface area contributed by atoms with Gasteiger partial charge in [0.15, 0.2) is 0 Å². The number of fused-ring (bicyclic) bond motifs is 1. The van der Waals surface area contributed by atoms with Crippen LogP contribution in [0.25, 0.3) is 0 Å². The standard InChI is InChI=1S/C18H19ClN2O4/c19-15-3-1-2-12-5-4-11(7-14(12)15)6-13-9-21(10-20-13)16(18(24)25)8-17(22)23/h1-3,8,10-11,13H,4-7,9H2,(H,22,23)(H,24,25). The summed E-state index contributed by atoms with van der Waals surface area (Å²) in [4.78, 5) is 27.8. The zero-order valence-corrected chi connectivity index (χ0v) is 14.3. The molecule has 25 heavy (non-hydrogen) atoms. The third-order valence-electron chi connectivity index (χ3n) is 4.75. The summed E-state index contributed by atoms with van der Waals surface area (Å²) in [6.45, 7) is 0.386. The van der Waals surface area contributed by atoms with Crippen LogP contribution in [0, 0.1) is 5.92 Å². The lowest BCUT2D eigenvalue weighted by atomic mass is 9.81. The minimum atomic E-state index is -1.28. The predicted octanol–water partition coefficient (Wildman–Crippen LogP) is 2.60. The first-order chi connectivity index (χ1) is 11.9. The van der Waals surface area contributed by atoms with Gasteiger partial charge in [0.1, 0.15) is 5.70 Å². The van der Waals surface area contributed by atoms with Gasteiger partial charge in [-0.15, -0.1) is 0 Å². The summed E-state index contributed by atoms with van der Waals surface area (Å²) >= 11 is 6.31. The van der Waals surface area contributed by atoms with Gasteiger partial charge in [-0.2, -0.15) is 0 Å². The average molecular weight is 363 g/mol. The van der Waals surface area contributed by atoms with Crippen molar-refractivity contribution in [2.24, 2.45) is 10.9 Å². The van der Waals surface area contributed by atoms with Crippen molar-refractivity contribution in [2.45, 2.75) is 31.7 Å². The maximum atomic E-state index is 11.2. The highest BCUT2D eigenvalue weighted by molar-refractivity contribution is 6.31. The minimum Gasteiger partial charge on any atom is -0.478 e. The Bertz CT molecular complexity index is 759. The van der Waals surface area contributed by atoms with Gasteiger partial charge in [-0.05, 0) is 48.8 Å². The van der Waals surface area contributed by atoms with Crippen molar-refractivity contribution in [3.05, 3.63) is 46.1 Å². The molecular weight excluding hydrogens is 344 g/mol. The molecule has 1 aromatic rings. The zero-order valence-electron chi connectivity index (χ0n) is 13.6. The number of rotatable bonds is 5. The summed E-state index contributed by atoms with van der Waals surface area (Å²) in [6, 6.07) is 5.96. The van der Waals surface area contributed by atoms with Crippen molar-refractivity contribution in [3.63, 3.8) is 0 Å². The van der Waals surface area contributed by atoms with E-state index in [1.165, 1.54) is 22.4 Å². The van der Waals surface area contributed by atoms with Crippen LogP contribution < -0.4 is 0 Å². The number of hydrogen-bond donors (Lipinski definition) is 2. The highest BCUT2D eigenvalue weighted by Crippen LogP contribution is 2.33. The fraction of sp³-hybridized carbons (Fsp3) is 0.389. The molecule has 1 aliphatic carbocycles. The molecule has 0 saturated heterocycles. The smallest absolute Gasteiger partial charge is 0.352 e. The Balaban J connectivity index is 1.63. The van der Waals surface area contributed by atoms with Gasteiger partial charge in [-0.3, -0.25) is 4.99 Å². The van der Waals surface area contributed by atoms with Gasteiger partial charge in [0, 0.05) is 11.6 Å². The Hall–Kier alpha value is -2.34. The van der Waals surface area contributed by atoms with E-state index in [2.05, 4.69) is 11.1 Å². The van der Waals surface area contributed by atoms with Gasteiger partial charge in [0.05, 0.1) is 18.5 Å². The third kappa shape index (κ3) is 4.02. The van der Waals surface area contributed by atoms with E-state index < -0.39 is 11.9 Å². The molecule has 0 amide bonds. The first-order valence-corrected chi connectivity index (χ1v) is 8.56. The molecule has 3 rings (SSSR count). The Morgan fingerprint density at radius 1 is 1.36 bits per heavy atom. The molecule has 2 aliphatic rings. The lowest BCUT2D eigenvalue weighted by Gasteiger charge is -2.27. The van der Waals surface area contributed by atoms with E-state index in [0.717, 1.165) is 30.7 Å². The maximum Gasteiger partial charge on any atom is 0.352 e. The minimum absolute atomic E-state index is 0.0365. The van der Waals surface area contributed by atoms with E-state index in [0.29, 0.717) is 18.5 Å². The molecule has 0 bridgehead atoms. The van der Waals surface area contributed by atoms with E-state index in [4.69, 9.17) is 16.7 Å². The van der Waals surface area contributed by atoms with Crippen LogP contribution in [0.1, 0.15) is 24.0 Å². The summed E-state index contributed by atoms with van der Waals surface area (Å²) in [5, 5.41) is 18.8. The number of nitrogens with zero attached hydrogens (tertiary/aromatic N) is 2. The highest BCUT2D eigenvalue weighted by atomic mass is 35.5. The topological polar surface area (TPSA) is 90.2 Å². The van der Waals surface area contributed by atoms with Crippen LogP contribution in [0.4, 0.5) is 0 Å². The first kappa shape index (κ1) is 17.5. The van der Waals surface area contributed by atoms with Crippen molar-refractivity contribution >= 4 is 29.9 Å². The Labute approximate surface area is 150 Å². The van der Waals surface area contributed by atoms with Gasteiger partial charge < -0.3 is 15.1 Å². The van der Waals surface area contributed by atoms with Crippen LogP contribution in [0.2, 0.25) is 5.02 Å². The van der Waals surface area contributed by atoms with Crippen molar-refractivity contribution in [1.29, 1.82) is 0 Å². The highest BCUT2D eigenvalue weighted by Gasteiger charge is 2.28. The number of carboxylic acid groups (broad SMARTS) is 2. The number of aliphatic carboxylic acids is 2. The molecule has 0 fully saturated rings. The molecule has 2 unspecified atom stereocenters. The summed E-state index contributed by atoms with van der Waals surface area (Å²) in [5.74, 6) is -2.12. The van der Waals surface area contributed by atoms with Crippen LogP contribution in [0.5, 0.6) is 0 Å². The molecule has 0 saturated carbocycles. The monoisotopic (exact) mass is 362 g/mol. The number of halogens is 1. The quantitative estimate of drug-likeness (QED) is 0.786. The average Bonchev–Trinajstić information content (AvgIpc) is 3.01. The molecular formula is C18H19ClN2O4. The number of hydrogen-bond acceptors (Lipinski definition) is 4. The second kappa shape index (κ2) is 7.27. The summed E-state index contributed by atoms with van der Waals surface area (Å²) in [7, 11) is 0. The van der Waals surface area contributed by atoms with Crippen molar-refractivity contribution < 1.29 is 19.8 Å². The number of aliphatic imine (C=N–C) groups is 1. The molecule has 7 heteroatoms. The molecule has 0 aromatic heterocycles. The van der Waals surface area contributed by atoms with E-state index in [1.807, 2.05) is 12.1 Å². The Morgan fingerprint density at radius 2 is 2.16 bits per heavy atom. The molecule has 6 nitrogen and oxygen atoms in total. The van der Waals surface area contributed by atoms with E-state index in [9.17, 15) is 14.7 Å². The Morgan fingerprint density at radius 3 is 2.88 bits per heavy atom. The molecule has 2 atom stereocenters. The number of carbonyl (C=O) groups is 2. The van der Waals surface area contributed by atoms with Crippen LogP contribution in [-0.4, -0.2) is 46.0 Å². The molecule has 0 spiro atoms. The van der Waals surface area contributed by atoms with E-state index >= 15 is 0 Å². The van der Waals surface area contributed by atoms with Gasteiger partial charge >= 0.3 is 11.9 Å². The van der Waals surface area contributed by atoms with Gasteiger partial charge in [0.25, 0.3) is 0 Å². The fourth-order valence-corrected chi connectivity index (χ4v) is 3.85. The molecule has 2 N–H and O–H groups in total. The second-order valence-electron chi connectivity index (χ2n) is 6.47. The van der Waals surface area contributed by atoms with Crippen LogP contribution >= 0.6 is 11.6 Å². The SMILES string of the molecule is O=C(O)C=C(C(=O)O)N1C=NC(CC2CCc3cccc(Cl)c3C2)C1. The summed E-state index contributed by atoms with van der Waals surface area (Å²) < 4.78 is 0. The number of aryl methyl sites for hydroxylation is 1.